The molecule has 3 heteroatoms. The number of hydrogen-bond donors (Lipinski definition) is 1. The van der Waals surface area contributed by atoms with Crippen LogP contribution in [0, 0.1) is 5.82 Å². The van der Waals surface area contributed by atoms with Gasteiger partial charge in [-0.3, -0.25) is 4.98 Å². The van der Waals surface area contributed by atoms with Crippen molar-refractivity contribution in [2.75, 3.05) is 6.54 Å². The molecule has 1 aliphatic rings. The fourth-order valence-corrected chi connectivity index (χ4v) is 3.43. The van der Waals surface area contributed by atoms with E-state index in [0.717, 1.165) is 36.3 Å². The number of nitrogens with one attached hydrogen (secondary N) is 1. The average Bonchev–Trinajstić information content (AvgIpc) is 2.70. The maximum Gasteiger partial charge on any atom is 0.123 e. The SMILES string of the molecule is Fc1ccc(-c2cccc(CC3CC(c4ccccc4)=CCN3)n2)cc1. The molecular weight excluding hydrogens is 323 g/mol. The Labute approximate surface area is 153 Å². The monoisotopic (exact) mass is 344 g/mol. The molecule has 3 aromatic rings. The molecule has 0 radical (unpaired) electrons. The maximum atomic E-state index is 13.1. The Morgan fingerprint density at radius 3 is 2.50 bits per heavy atom. The van der Waals surface area contributed by atoms with E-state index in [1.165, 1.54) is 23.3 Å². The second kappa shape index (κ2) is 7.63. The van der Waals surface area contributed by atoms with Crippen LogP contribution in [0.5, 0.6) is 0 Å². The molecule has 2 aromatic carbocycles. The van der Waals surface area contributed by atoms with Crippen molar-refractivity contribution in [2.45, 2.75) is 18.9 Å². The van der Waals surface area contributed by atoms with E-state index < -0.39 is 0 Å². The van der Waals surface area contributed by atoms with Crippen LogP contribution >= 0.6 is 0 Å². The first kappa shape index (κ1) is 16.7. The van der Waals surface area contributed by atoms with Crippen LogP contribution in [0.1, 0.15) is 17.7 Å². The molecule has 1 unspecified atom stereocenters. The quantitative estimate of drug-likeness (QED) is 0.730. The van der Waals surface area contributed by atoms with Gasteiger partial charge < -0.3 is 5.32 Å². The first-order valence-electron chi connectivity index (χ1n) is 8.98. The third-order valence-corrected chi connectivity index (χ3v) is 4.77. The number of nitrogens with zero attached hydrogens (tertiary/aromatic N) is 1. The van der Waals surface area contributed by atoms with E-state index >= 15 is 0 Å². The molecule has 4 rings (SSSR count). The molecule has 2 heterocycles. The van der Waals surface area contributed by atoms with Crippen LogP contribution in [0.25, 0.3) is 16.8 Å². The smallest absolute Gasteiger partial charge is 0.123 e. The number of pyridine rings is 1. The highest BCUT2D eigenvalue weighted by Crippen LogP contribution is 2.24. The van der Waals surface area contributed by atoms with Crippen molar-refractivity contribution in [3.05, 3.63) is 95.9 Å². The van der Waals surface area contributed by atoms with E-state index in [4.69, 9.17) is 4.98 Å². The molecule has 0 fully saturated rings. The predicted molar refractivity (Wildman–Crippen MR) is 104 cm³/mol. The topological polar surface area (TPSA) is 24.9 Å². The van der Waals surface area contributed by atoms with Crippen LogP contribution in [0.2, 0.25) is 0 Å². The summed E-state index contributed by atoms with van der Waals surface area (Å²) >= 11 is 0. The van der Waals surface area contributed by atoms with Crippen molar-refractivity contribution in [1.29, 1.82) is 0 Å². The Morgan fingerprint density at radius 1 is 0.885 bits per heavy atom. The molecule has 0 aliphatic carbocycles. The zero-order chi connectivity index (χ0) is 17.8. The van der Waals surface area contributed by atoms with Crippen LogP contribution in [0.3, 0.4) is 0 Å². The Morgan fingerprint density at radius 2 is 1.69 bits per heavy atom. The maximum absolute atomic E-state index is 13.1. The number of rotatable bonds is 4. The van der Waals surface area contributed by atoms with Crippen LogP contribution in [-0.2, 0) is 6.42 Å². The summed E-state index contributed by atoms with van der Waals surface area (Å²) in [6.45, 7) is 0.881. The van der Waals surface area contributed by atoms with Gasteiger partial charge in [0.1, 0.15) is 5.82 Å². The normalized spacial score (nSPS) is 17.0. The molecule has 0 spiro atoms. The first-order valence-corrected chi connectivity index (χ1v) is 8.98. The summed E-state index contributed by atoms with van der Waals surface area (Å²) in [5, 5.41) is 3.57. The van der Waals surface area contributed by atoms with Crippen LogP contribution in [0.4, 0.5) is 4.39 Å². The summed E-state index contributed by atoms with van der Waals surface area (Å²) in [4.78, 5) is 4.78. The summed E-state index contributed by atoms with van der Waals surface area (Å²) < 4.78 is 13.1. The van der Waals surface area contributed by atoms with Crippen molar-refractivity contribution in [3.8, 4) is 11.3 Å². The van der Waals surface area contributed by atoms with Gasteiger partial charge in [-0.15, -0.1) is 0 Å². The number of halogens is 1. The molecule has 1 N–H and O–H groups in total. The zero-order valence-electron chi connectivity index (χ0n) is 14.5. The van der Waals surface area contributed by atoms with Gasteiger partial charge in [-0.25, -0.2) is 4.39 Å². The number of hydrogen-bond acceptors (Lipinski definition) is 2. The van der Waals surface area contributed by atoms with Crippen molar-refractivity contribution in [2.24, 2.45) is 0 Å². The van der Waals surface area contributed by atoms with E-state index in [9.17, 15) is 4.39 Å². The lowest BCUT2D eigenvalue weighted by atomic mass is 9.93. The Kier molecular flexibility index (Phi) is 4.89. The van der Waals surface area contributed by atoms with Crippen LogP contribution in [-0.4, -0.2) is 17.6 Å². The van der Waals surface area contributed by atoms with E-state index in [0.29, 0.717) is 6.04 Å². The molecule has 1 atom stereocenters. The Bertz CT molecular complexity index is 901. The summed E-state index contributed by atoms with van der Waals surface area (Å²) in [6.07, 6.45) is 4.14. The highest BCUT2D eigenvalue weighted by molar-refractivity contribution is 5.67. The molecule has 0 bridgehead atoms. The highest BCUT2D eigenvalue weighted by Gasteiger charge is 2.17. The molecule has 0 saturated heterocycles. The van der Waals surface area contributed by atoms with Gasteiger partial charge in [-0.1, -0.05) is 42.5 Å². The molecular formula is C23H21FN2. The van der Waals surface area contributed by atoms with Gasteiger partial charge in [-0.05, 0) is 54.0 Å². The third-order valence-electron chi connectivity index (χ3n) is 4.77. The van der Waals surface area contributed by atoms with Crippen molar-refractivity contribution >= 4 is 5.57 Å². The third kappa shape index (κ3) is 3.89. The number of aromatic nitrogens is 1. The molecule has 1 aromatic heterocycles. The predicted octanol–water partition coefficient (Wildman–Crippen LogP) is 4.88. The lowest BCUT2D eigenvalue weighted by Gasteiger charge is -2.24. The molecule has 1 aliphatic heterocycles. The van der Waals surface area contributed by atoms with Gasteiger partial charge in [0, 0.05) is 30.3 Å². The largest absolute Gasteiger partial charge is 0.310 e. The lowest BCUT2D eigenvalue weighted by Crippen LogP contribution is -2.34. The van der Waals surface area contributed by atoms with Gasteiger partial charge in [0.25, 0.3) is 0 Å². The minimum Gasteiger partial charge on any atom is -0.310 e. The second-order valence-electron chi connectivity index (χ2n) is 6.63. The van der Waals surface area contributed by atoms with Crippen molar-refractivity contribution < 1.29 is 4.39 Å². The van der Waals surface area contributed by atoms with Gasteiger partial charge in [0.05, 0.1) is 5.69 Å². The highest BCUT2D eigenvalue weighted by atomic mass is 19.1. The fraction of sp³-hybridized carbons (Fsp3) is 0.174. The summed E-state index contributed by atoms with van der Waals surface area (Å²) in [5.41, 5.74) is 5.57. The number of benzene rings is 2. The van der Waals surface area contributed by atoms with Gasteiger partial charge >= 0.3 is 0 Å². The Balaban J connectivity index is 1.48. The van der Waals surface area contributed by atoms with Crippen molar-refractivity contribution in [3.63, 3.8) is 0 Å². The Hall–Kier alpha value is -2.78. The fourth-order valence-electron chi connectivity index (χ4n) is 3.43. The molecule has 26 heavy (non-hydrogen) atoms. The molecule has 2 nitrogen and oxygen atoms in total. The van der Waals surface area contributed by atoms with Crippen LogP contribution < -0.4 is 5.32 Å². The molecule has 0 saturated carbocycles. The first-order chi connectivity index (χ1) is 12.8. The van der Waals surface area contributed by atoms with Gasteiger partial charge in [0.15, 0.2) is 0 Å². The van der Waals surface area contributed by atoms with Crippen LogP contribution in [0.15, 0.2) is 78.9 Å². The van der Waals surface area contributed by atoms with Crippen molar-refractivity contribution in [1.82, 2.24) is 10.3 Å². The summed E-state index contributed by atoms with van der Waals surface area (Å²) in [7, 11) is 0. The second-order valence-corrected chi connectivity index (χ2v) is 6.63. The molecule has 130 valence electrons. The van der Waals surface area contributed by atoms with E-state index in [2.05, 4.69) is 41.7 Å². The van der Waals surface area contributed by atoms with E-state index in [-0.39, 0.29) is 5.82 Å². The lowest BCUT2D eigenvalue weighted by molar-refractivity contribution is 0.528. The van der Waals surface area contributed by atoms with E-state index in [1.807, 2.05) is 18.2 Å². The minimum absolute atomic E-state index is 0.225. The van der Waals surface area contributed by atoms with E-state index in [1.54, 1.807) is 12.1 Å². The summed E-state index contributed by atoms with van der Waals surface area (Å²) in [6, 6.07) is 23.5. The van der Waals surface area contributed by atoms with Gasteiger partial charge in [-0.2, -0.15) is 0 Å². The summed E-state index contributed by atoms with van der Waals surface area (Å²) in [5.74, 6) is -0.225. The molecule has 0 amide bonds. The minimum atomic E-state index is -0.225. The zero-order valence-corrected chi connectivity index (χ0v) is 14.5. The van der Waals surface area contributed by atoms with Gasteiger partial charge in [0.2, 0.25) is 0 Å². The average molecular weight is 344 g/mol. The standard InChI is InChI=1S/C23H21FN2/c24-20-11-9-18(10-12-20)23-8-4-7-21(26-23)16-22-15-19(13-14-25-22)17-5-2-1-3-6-17/h1-13,22,25H,14-16H2.